The molecule has 6 rings (SSSR count). The highest BCUT2D eigenvalue weighted by Gasteiger charge is 2.24. The first-order chi connectivity index (χ1) is 20.0. The number of rotatable bonds is 9. The van der Waals surface area contributed by atoms with Crippen molar-refractivity contribution in [1.82, 2.24) is 9.97 Å². The molecule has 5 nitrogen and oxygen atoms in total. The van der Waals surface area contributed by atoms with Crippen molar-refractivity contribution in [3.05, 3.63) is 112 Å². The molecule has 2 aromatic heterocycles. The van der Waals surface area contributed by atoms with Crippen LogP contribution in [0.5, 0.6) is 0 Å². The van der Waals surface area contributed by atoms with E-state index in [4.69, 9.17) is 23.2 Å². The number of carbonyl (C=O) groups is 1. The molecule has 0 aliphatic rings. The lowest BCUT2D eigenvalue weighted by molar-refractivity contribution is 0.0696. The van der Waals surface area contributed by atoms with Gasteiger partial charge in [0.2, 0.25) is 0 Å². The summed E-state index contributed by atoms with van der Waals surface area (Å²) in [6.45, 7) is 0.0201. The predicted molar refractivity (Wildman–Crippen MR) is 166 cm³/mol. The number of H-pyrrole nitrogens is 2. The molecule has 0 radical (unpaired) electrons. The summed E-state index contributed by atoms with van der Waals surface area (Å²) in [5, 5.41) is 16.0. The number of fused-ring (bicyclic) bond motifs is 2. The maximum Gasteiger partial charge on any atom is 0.335 e. The van der Waals surface area contributed by atoms with Gasteiger partial charge in [0.15, 0.2) is 0 Å². The van der Waals surface area contributed by atoms with E-state index in [2.05, 4.69) is 15.3 Å². The maximum atomic E-state index is 12.7. The van der Waals surface area contributed by atoms with Gasteiger partial charge in [0.25, 0.3) is 0 Å². The molecular formula is C33H26Cl2FN3O2. The van der Waals surface area contributed by atoms with Gasteiger partial charge in [-0.15, -0.1) is 0 Å². The Morgan fingerprint density at radius 3 is 2.51 bits per heavy atom. The standard InChI is InChI=1S/C33H26Cl2FN3O2/c34-26-17-28-29(30(31(26)35)25-18-38-27-10-5-4-9-23(25)27)24(32(39-28)19-7-2-1-3-8-19)16-20-15-21(37-14-6-13-36)11-12-22(20)33(40)41/h1-5,7-12,15,17-18,37-39H,6,13-14,16H2,(H,40,41). The van der Waals surface area contributed by atoms with E-state index in [1.54, 1.807) is 12.1 Å². The Morgan fingerprint density at radius 1 is 0.951 bits per heavy atom. The van der Waals surface area contributed by atoms with Crippen LogP contribution < -0.4 is 5.32 Å². The molecule has 0 fully saturated rings. The number of hydrogen-bond acceptors (Lipinski definition) is 2. The molecule has 0 spiro atoms. The van der Waals surface area contributed by atoms with Crippen LogP contribution in [-0.2, 0) is 6.42 Å². The van der Waals surface area contributed by atoms with Gasteiger partial charge in [0.05, 0.1) is 28.0 Å². The van der Waals surface area contributed by atoms with E-state index in [1.165, 1.54) is 0 Å². The van der Waals surface area contributed by atoms with Gasteiger partial charge in [0, 0.05) is 57.8 Å². The van der Waals surface area contributed by atoms with Crippen LogP contribution in [0.15, 0.2) is 85.1 Å². The molecule has 206 valence electrons. The van der Waals surface area contributed by atoms with Crippen LogP contribution >= 0.6 is 23.2 Å². The van der Waals surface area contributed by atoms with Crippen molar-refractivity contribution in [1.29, 1.82) is 0 Å². The number of halogens is 3. The van der Waals surface area contributed by atoms with Crippen LogP contribution in [0.4, 0.5) is 10.1 Å². The van der Waals surface area contributed by atoms with Crippen molar-refractivity contribution >= 4 is 56.7 Å². The molecule has 0 unspecified atom stereocenters. The third kappa shape index (κ3) is 5.05. The van der Waals surface area contributed by atoms with E-state index >= 15 is 0 Å². The molecule has 0 atom stereocenters. The van der Waals surface area contributed by atoms with Crippen LogP contribution in [0, 0.1) is 0 Å². The molecule has 41 heavy (non-hydrogen) atoms. The van der Waals surface area contributed by atoms with E-state index in [1.807, 2.05) is 72.9 Å². The molecule has 0 saturated heterocycles. The zero-order valence-electron chi connectivity index (χ0n) is 21.9. The second-order valence-electron chi connectivity index (χ2n) is 9.89. The van der Waals surface area contributed by atoms with Crippen molar-refractivity contribution in [2.24, 2.45) is 0 Å². The Kier molecular flexibility index (Phi) is 7.43. The monoisotopic (exact) mass is 585 g/mol. The van der Waals surface area contributed by atoms with Gasteiger partial charge in [-0.25, -0.2) is 4.79 Å². The second kappa shape index (κ2) is 11.3. The van der Waals surface area contributed by atoms with Crippen LogP contribution in [0.1, 0.15) is 27.9 Å². The number of alkyl halides is 1. The lowest BCUT2D eigenvalue weighted by Gasteiger charge is -2.14. The Bertz CT molecular complexity index is 1900. The number of hydrogen-bond donors (Lipinski definition) is 4. The van der Waals surface area contributed by atoms with Crippen molar-refractivity contribution in [3.63, 3.8) is 0 Å². The first-order valence-electron chi connectivity index (χ1n) is 13.3. The summed E-state index contributed by atoms with van der Waals surface area (Å²) in [7, 11) is 0. The molecular weight excluding hydrogens is 560 g/mol. The van der Waals surface area contributed by atoms with Gasteiger partial charge in [-0.3, -0.25) is 4.39 Å². The van der Waals surface area contributed by atoms with Gasteiger partial charge in [-0.1, -0.05) is 71.7 Å². The summed E-state index contributed by atoms with van der Waals surface area (Å²) >= 11 is 13.7. The molecule has 2 heterocycles. The third-order valence-electron chi connectivity index (χ3n) is 7.35. The quantitative estimate of drug-likeness (QED) is 0.128. The normalized spacial score (nSPS) is 11.4. The zero-order valence-corrected chi connectivity index (χ0v) is 23.4. The minimum absolute atomic E-state index is 0.197. The van der Waals surface area contributed by atoms with Gasteiger partial charge in [-0.2, -0.15) is 0 Å². The molecule has 0 aliphatic heterocycles. The molecule has 0 aliphatic carbocycles. The summed E-state index contributed by atoms with van der Waals surface area (Å²) in [6, 6.07) is 24.8. The lowest BCUT2D eigenvalue weighted by Crippen LogP contribution is -2.07. The van der Waals surface area contributed by atoms with Gasteiger partial charge in [0.1, 0.15) is 0 Å². The highest BCUT2D eigenvalue weighted by Crippen LogP contribution is 2.46. The van der Waals surface area contributed by atoms with E-state index in [9.17, 15) is 14.3 Å². The summed E-state index contributed by atoms with van der Waals surface area (Å²) in [5.74, 6) is -1.02. The molecule has 4 aromatic carbocycles. The van der Waals surface area contributed by atoms with Crippen LogP contribution in [0.3, 0.4) is 0 Å². The van der Waals surface area contributed by atoms with Gasteiger partial charge in [-0.05, 0) is 53.4 Å². The fraction of sp³-hybridized carbons (Fsp3) is 0.121. The maximum absolute atomic E-state index is 12.7. The summed E-state index contributed by atoms with van der Waals surface area (Å²) in [5.41, 5.74) is 7.69. The van der Waals surface area contributed by atoms with E-state index in [0.717, 1.165) is 55.4 Å². The Labute approximate surface area is 245 Å². The molecule has 6 aromatic rings. The predicted octanol–water partition coefficient (Wildman–Crippen LogP) is 9.35. The fourth-order valence-corrected chi connectivity index (χ4v) is 5.94. The average molecular weight is 586 g/mol. The number of carboxylic acid groups (broad SMARTS) is 1. The summed E-state index contributed by atoms with van der Waals surface area (Å²) in [4.78, 5) is 19.2. The average Bonchev–Trinajstić information content (AvgIpc) is 3.56. The van der Waals surface area contributed by atoms with E-state index < -0.39 is 12.6 Å². The smallest absolute Gasteiger partial charge is 0.335 e. The van der Waals surface area contributed by atoms with E-state index in [-0.39, 0.29) is 5.56 Å². The fourth-order valence-electron chi connectivity index (χ4n) is 5.48. The SMILES string of the molecule is O=C(O)c1ccc(NCCCF)cc1Cc1c(-c2ccccc2)[nH]c2cc(Cl)c(Cl)c(-c3c[nH]c4ccccc34)c12. The summed E-state index contributed by atoms with van der Waals surface area (Å²) in [6.07, 6.45) is 2.60. The minimum atomic E-state index is -1.02. The number of benzene rings is 4. The minimum Gasteiger partial charge on any atom is -0.478 e. The van der Waals surface area contributed by atoms with Crippen LogP contribution in [0.2, 0.25) is 10.0 Å². The van der Waals surface area contributed by atoms with Crippen LogP contribution in [-0.4, -0.2) is 34.3 Å². The number of aromatic amines is 2. The van der Waals surface area contributed by atoms with Crippen molar-refractivity contribution in [3.8, 4) is 22.4 Å². The Hall–Kier alpha value is -4.26. The molecule has 0 saturated carbocycles. The van der Waals surface area contributed by atoms with Gasteiger partial charge >= 0.3 is 5.97 Å². The molecule has 0 amide bonds. The van der Waals surface area contributed by atoms with E-state index in [0.29, 0.717) is 35.0 Å². The zero-order chi connectivity index (χ0) is 28.5. The number of aromatic nitrogens is 2. The van der Waals surface area contributed by atoms with Gasteiger partial charge < -0.3 is 20.4 Å². The molecule has 8 heteroatoms. The number of anilines is 1. The van der Waals surface area contributed by atoms with Crippen LogP contribution in [0.25, 0.3) is 44.2 Å². The first-order valence-corrected chi connectivity index (χ1v) is 14.0. The summed E-state index contributed by atoms with van der Waals surface area (Å²) < 4.78 is 12.7. The van der Waals surface area contributed by atoms with Crippen molar-refractivity contribution in [2.75, 3.05) is 18.5 Å². The number of para-hydroxylation sites is 1. The first kappa shape index (κ1) is 26.9. The largest absolute Gasteiger partial charge is 0.478 e. The molecule has 0 bridgehead atoms. The highest BCUT2D eigenvalue weighted by molar-refractivity contribution is 6.45. The Balaban J connectivity index is 1.63. The van der Waals surface area contributed by atoms with Crippen molar-refractivity contribution in [2.45, 2.75) is 12.8 Å². The third-order valence-corrected chi connectivity index (χ3v) is 8.13. The van der Waals surface area contributed by atoms with Crippen molar-refractivity contribution < 1.29 is 14.3 Å². The lowest BCUT2D eigenvalue weighted by atomic mass is 9.91. The highest BCUT2D eigenvalue weighted by atomic mass is 35.5. The number of carboxylic acids is 1. The molecule has 4 N–H and O–H groups in total. The number of aromatic carboxylic acids is 1. The topological polar surface area (TPSA) is 80.9 Å². The number of nitrogens with one attached hydrogen (secondary N) is 3. The second-order valence-corrected chi connectivity index (χ2v) is 10.7. The Morgan fingerprint density at radius 2 is 1.73 bits per heavy atom.